The van der Waals surface area contributed by atoms with Gasteiger partial charge in [-0.05, 0) is 37.2 Å². The van der Waals surface area contributed by atoms with Crippen LogP contribution in [0, 0.1) is 5.92 Å². The van der Waals surface area contributed by atoms with Gasteiger partial charge in [-0.3, -0.25) is 9.36 Å². The molecule has 118 valence electrons. The van der Waals surface area contributed by atoms with Gasteiger partial charge in [0.1, 0.15) is 4.83 Å². The monoisotopic (exact) mass is 334 g/mol. The van der Waals surface area contributed by atoms with Gasteiger partial charge >= 0.3 is 0 Å². The highest BCUT2D eigenvalue weighted by Gasteiger charge is 2.24. The van der Waals surface area contributed by atoms with Crippen LogP contribution >= 0.6 is 23.1 Å². The molecule has 1 aliphatic rings. The van der Waals surface area contributed by atoms with Crippen LogP contribution in [0.3, 0.4) is 0 Å². The number of hydrogen-bond acceptors (Lipinski definition) is 4. The Morgan fingerprint density at radius 1 is 1.55 bits per heavy atom. The second-order valence-electron chi connectivity index (χ2n) is 5.98. The third-order valence-corrected chi connectivity index (χ3v) is 6.49. The minimum Gasteiger partial charge on any atom is -0.283 e. The first kappa shape index (κ1) is 15.8. The lowest BCUT2D eigenvalue weighted by molar-refractivity contribution is 0.508. The molecule has 0 unspecified atom stereocenters. The third kappa shape index (κ3) is 2.76. The van der Waals surface area contributed by atoms with Gasteiger partial charge in [-0.1, -0.05) is 31.7 Å². The van der Waals surface area contributed by atoms with E-state index in [1.165, 1.54) is 16.9 Å². The number of hydrogen-bond donors (Lipinski definition) is 0. The van der Waals surface area contributed by atoms with Crippen LogP contribution in [0.5, 0.6) is 0 Å². The van der Waals surface area contributed by atoms with Gasteiger partial charge in [-0.2, -0.15) is 0 Å². The molecule has 2 aromatic rings. The first-order valence-corrected chi connectivity index (χ1v) is 9.74. The zero-order valence-corrected chi connectivity index (χ0v) is 14.9. The van der Waals surface area contributed by atoms with Crippen LogP contribution in [0.15, 0.2) is 22.6 Å². The summed E-state index contributed by atoms with van der Waals surface area (Å²) in [6.45, 7) is 8.74. The van der Waals surface area contributed by atoms with Crippen molar-refractivity contribution >= 4 is 33.3 Å². The number of aromatic nitrogens is 2. The highest BCUT2D eigenvalue weighted by molar-refractivity contribution is 7.99. The van der Waals surface area contributed by atoms with E-state index in [2.05, 4.69) is 20.4 Å². The SMILES string of the molecule is C=CCn1c(SCCC)nc2sc3c(c2c1=O)C[C@@H](C)CC3. The topological polar surface area (TPSA) is 34.9 Å². The van der Waals surface area contributed by atoms with Crippen molar-refractivity contribution in [3.63, 3.8) is 0 Å². The van der Waals surface area contributed by atoms with Gasteiger partial charge in [-0.15, -0.1) is 17.9 Å². The first-order chi connectivity index (χ1) is 10.7. The number of rotatable bonds is 5. The van der Waals surface area contributed by atoms with E-state index < -0.39 is 0 Å². The largest absolute Gasteiger partial charge is 0.283 e. The van der Waals surface area contributed by atoms with Crippen molar-refractivity contribution in [1.29, 1.82) is 0 Å². The predicted molar refractivity (Wildman–Crippen MR) is 96.3 cm³/mol. The fourth-order valence-electron chi connectivity index (χ4n) is 3.01. The Morgan fingerprint density at radius 3 is 3.09 bits per heavy atom. The number of nitrogens with zero attached hydrogens (tertiary/aromatic N) is 2. The summed E-state index contributed by atoms with van der Waals surface area (Å²) in [7, 11) is 0. The molecule has 0 aromatic carbocycles. The van der Waals surface area contributed by atoms with Gasteiger partial charge in [0.15, 0.2) is 5.16 Å². The van der Waals surface area contributed by atoms with Crippen LogP contribution in [0.2, 0.25) is 0 Å². The van der Waals surface area contributed by atoms with Crippen molar-refractivity contribution in [3.05, 3.63) is 33.4 Å². The van der Waals surface area contributed by atoms with E-state index in [9.17, 15) is 4.79 Å². The minimum absolute atomic E-state index is 0.120. The Morgan fingerprint density at radius 2 is 2.36 bits per heavy atom. The second-order valence-corrected chi connectivity index (χ2v) is 8.12. The molecule has 0 bridgehead atoms. The number of fused-ring (bicyclic) bond motifs is 3. The molecule has 0 fully saturated rings. The second kappa shape index (κ2) is 6.59. The van der Waals surface area contributed by atoms with Crippen LogP contribution in [0.25, 0.3) is 10.2 Å². The van der Waals surface area contributed by atoms with Crippen molar-refractivity contribution < 1.29 is 0 Å². The number of thioether (sulfide) groups is 1. The number of aryl methyl sites for hydroxylation is 1. The van der Waals surface area contributed by atoms with Gasteiger partial charge in [0.2, 0.25) is 0 Å². The predicted octanol–water partition coefficient (Wildman–Crippen LogP) is 4.27. The Bertz CT molecular complexity index is 760. The maximum absolute atomic E-state index is 13.0. The number of allylic oxidation sites excluding steroid dienone is 1. The van der Waals surface area contributed by atoms with Crippen LogP contribution in [0.1, 0.15) is 37.1 Å². The summed E-state index contributed by atoms with van der Waals surface area (Å²) in [6.07, 6.45) is 6.19. The van der Waals surface area contributed by atoms with E-state index >= 15 is 0 Å². The van der Waals surface area contributed by atoms with Gasteiger partial charge in [0.25, 0.3) is 5.56 Å². The van der Waals surface area contributed by atoms with Gasteiger partial charge in [0, 0.05) is 17.2 Å². The molecule has 0 radical (unpaired) electrons. The summed E-state index contributed by atoms with van der Waals surface area (Å²) >= 11 is 3.40. The van der Waals surface area contributed by atoms with Crippen LogP contribution < -0.4 is 5.56 Å². The Hall–Kier alpha value is -1.07. The van der Waals surface area contributed by atoms with Crippen LogP contribution in [-0.2, 0) is 19.4 Å². The van der Waals surface area contributed by atoms with Crippen molar-refractivity contribution in [2.75, 3.05) is 5.75 Å². The molecule has 3 nitrogen and oxygen atoms in total. The van der Waals surface area contributed by atoms with E-state index in [-0.39, 0.29) is 5.56 Å². The molecule has 1 aliphatic carbocycles. The van der Waals surface area contributed by atoms with Gasteiger partial charge in [-0.25, -0.2) is 4.98 Å². The molecule has 0 aliphatic heterocycles. The van der Waals surface area contributed by atoms with E-state index in [1.807, 2.05) is 0 Å². The van der Waals surface area contributed by atoms with Crippen molar-refractivity contribution in [1.82, 2.24) is 9.55 Å². The molecule has 0 amide bonds. The maximum Gasteiger partial charge on any atom is 0.263 e. The number of thiophene rings is 1. The molecule has 2 heterocycles. The summed E-state index contributed by atoms with van der Waals surface area (Å²) in [6, 6.07) is 0. The van der Waals surface area contributed by atoms with Crippen LogP contribution in [-0.4, -0.2) is 15.3 Å². The lowest BCUT2D eigenvalue weighted by Crippen LogP contribution is -2.23. The summed E-state index contributed by atoms with van der Waals surface area (Å²) in [4.78, 5) is 20.1. The highest BCUT2D eigenvalue weighted by Crippen LogP contribution is 2.36. The summed E-state index contributed by atoms with van der Waals surface area (Å²) < 4.78 is 1.79. The molecule has 0 spiro atoms. The molecule has 1 atom stereocenters. The smallest absolute Gasteiger partial charge is 0.263 e. The molecule has 5 heteroatoms. The third-order valence-electron chi connectivity index (χ3n) is 4.12. The standard InChI is InChI=1S/C17H22N2OS2/c1-4-8-19-16(20)14-12-10-11(3)6-7-13(12)22-15(14)18-17(19)21-9-5-2/h4,11H,1,5-10H2,2-3H3/t11-/m0/s1. The Balaban J connectivity index is 2.20. The van der Waals surface area contributed by atoms with E-state index in [0.29, 0.717) is 12.5 Å². The zero-order valence-electron chi connectivity index (χ0n) is 13.2. The Kier molecular flexibility index (Phi) is 4.73. The first-order valence-electron chi connectivity index (χ1n) is 7.94. The molecule has 22 heavy (non-hydrogen) atoms. The molecule has 0 saturated carbocycles. The van der Waals surface area contributed by atoms with Crippen molar-refractivity contribution in [2.45, 2.75) is 51.2 Å². The molecule has 0 saturated heterocycles. The molecule has 3 rings (SSSR count). The summed E-state index contributed by atoms with van der Waals surface area (Å²) in [5.41, 5.74) is 1.39. The molecule has 0 N–H and O–H groups in total. The fourth-order valence-corrected chi connectivity index (χ4v) is 5.13. The molecule has 2 aromatic heterocycles. The normalized spacial score (nSPS) is 17.6. The maximum atomic E-state index is 13.0. The minimum atomic E-state index is 0.120. The lowest BCUT2D eigenvalue weighted by Gasteiger charge is -2.18. The average Bonchev–Trinajstić information content (AvgIpc) is 2.86. The van der Waals surface area contributed by atoms with Gasteiger partial charge < -0.3 is 0 Å². The van der Waals surface area contributed by atoms with E-state index in [4.69, 9.17) is 4.98 Å². The van der Waals surface area contributed by atoms with Crippen LogP contribution in [0.4, 0.5) is 0 Å². The van der Waals surface area contributed by atoms with E-state index in [1.54, 1.807) is 33.7 Å². The Labute approximate surface area is 139 Å². The van der Waals surface area contributed by atoms with Gasteiger partial charge in [0.05, 0.1) is 5.39 Å². The van der Waals surface area contributed by atoms with Crippen molar-refractivity contribution in [3.8, 4) is 0 Å². The van der Waals surface area contributed by atoms with E-state index in [0.717, 1.165) is 40.4 Å². The van der Waals surface area contributed by atoms with Crippen molar-refractivity contribution in [2.24, 2.45) is 5.92 Å². The summed E-state index contributed by atoms with van der Waals surface area (Å²) in [5, 5.41) is 1.71. The average molecular weight is 335 g/mol. The lowest BCUT2D eigenvalue weighted by atomic mass is 9.89. The fraction of sp³-hybridized carbons (Fsp3) is 0.529. The zero-order chi connectivity index (χ0) is 15.7. The molecular formula is C17H22N2OS2. The summed E-state index contributed by atoms with van der Waals surface area (Å²) in [5.74, 6) is 1.64. The quantitative estimate of drug-likeness (QED) is 0.465. The molecular weight excluding hydrogens is 312 g/mol. The highest BCUT2D eigenvalue weighted by atomic mass is 32.2.